The summed E-state index contributed by atoms with van der Waals surface area (Å²) in [7, 11) is 0. The molecule has 22 heavy (non-hydrogen) atoms. The smallest absolute Gasteiger partial charge is 0.0555 e. The summed E-state index contributed by atoms with van der Waals surface area (Å²) in [5, 5.41) is 11.9. The molecule has 0 heterocycles. The number of hydrogen-bond donors (Lipinski definition) is 2. The molecule has 1 rings (SSSR count). The van der Waals surface area contributed by atoms with E-state index in [9.17, 15) is 0 Å². The van der Waals surface area contributed by atoms with Gasteiger partial charge in [0.1, 0.15) is 0 Å². The predicted octanol–water partition coefficient (Wildman–Crippen LogP) is 5.30. The summed E-state index contributed by atoms with van der Waals surface area (Å²) < 4.78 is 0. The highest BCUT2D eigenvalue weighted by molar-refractivity contribution is 4.72. The number of hydrogen-bond acceptors (Lipinski definition) is 2. The third kappa shape index (κ3) is 10.6. The van der Waals surface area contributed by atoms with Gasteiger partial charge in [0.25, 0.3) is 0 Å². The fraction of sp³-hybridized carbons (Fsp3) is 1.00. The van der Waals surface area contributed by atoms with Gasteiger partial charge in [-0.1, -0.05) is 90.4 Å². The van der Waals surface area contributed by atoms with Crippen LogP contribution in [0.1, 0.15) is 96.8 Å². The van der Waals surface area contributed by atoms with Gasteiger partial charge in [0.15, 0.2) is 0 Å². The first-order valence-electron chi connectivity index (χ1n) is 10.2. The zero-order chi connectivity index (χ0) is 15.9. The average Bonchev–Trinajstić information content (AvgIpc) is 2.55. The second kappa shape index (κ2) is 14.5. The zero-order valence-electron chi connectivity index (χ0n) is 15.1. The Hall–Kier alpha value is -0.0800. The minimum atomic E-state index is 0.265. The monoisotopic (exact) mass is 311 g/mol. The van der Waals surface area contributed by atoms with Gasteiger partial charge in [-0.15, -0.1) is 0 Å². The van der Waals surface area contributed by atoms with Crippen LogP contribution in [0.4, 0.5) is 0 Å². The van der Waals surface area contributed by atoms with Gasteiger partial charge in [0, 0.05) is 6.54 Å². The average molecular weight is 312 g/mol. The normalized spacial score (nSPS) is 22.1. The lowest BCUT2D eigenvalue weighted by Gasteiger charge is -2.28. The lowest BCUT2D eigenvalue weighted by molar-refractivity contribution is 0.244. The van der Waals surface area contributed by atoms with Crippen molar-refractivity contribution in [1.29, 1.82) is 0 Å². The van der Waals surface area contributed by atoms with Gasteiger partial charge in [-0.2, -0.15) is 0 Å². The van der Waals surface area contributed by atoms with Gasteiger partial charge in [-0.25, -0.2) is 0 Å². The summed E-state index contributed by atoms with van der Waals surface area (Å²) >= 11 is 0. The molecular formula is C20H41NO. The maximum Gasteiger partial charge on any atom is 0.0555 e. The van der Waals surface area contributed by atoms with Gasteiger partial charge >= 0.3 is 0 Å². The maximum atomic E-state index is 8.67. The molecule has 1 fully saturated rings. The molecule has 2 nitrogen and oxygen atoms in total. The van der Waals surface area contributed by atoms with Gasteiger partial charge < -0.3 is 10.4 Å². The molecule has 0 saturated heterocycles. The van der Waals surface area contributed by atoms with E-state index in [-0.39, 0.29) is 6.61 Å². The van der Waals surface area contributed by atoms with Gasteiger partial charge in [0.2, 0.25) is 0 Å². The van der Waals surface area contributed by atoms with Crippen LogP contribution in [0.3, 0.4) is 0 Å². The second-order valence-electron chi connectivity index (χ2n) is 7.41. The van der Waals surface area contributed by atoms with Crippen molar-refractivity contribution in [1.82, 2.24) is 5.32 Å². The molecule has 0 aliphatic heterocycles. The van der Waals surface area contributed by atoms with Crippen LogP contribution < -0.4 is 5.32 Å². The van der Waals surface area contributed by atoms with Crippen LogP contribution >= 0.6 is 0 Å². The van der Waals surface area contributed by atoms with Crippen LogP contribution in [-0.2, 0) is 0 Å². The molecule has 132 valence electrons. The van der Waals surface area contributed by atoms with E-state index in [0.29, 0.717) is 0 Å². The van der Waals surface area contributed by atoms with E-state index in [1.165, 1.54) is 89.9 Å². The fourth-order valence-corrected chi connectivity index (χ4v) is 3.91. The third-order valence-corrected chi connectivity index (χ3v) is 5.44. The zero-order valence-corrected chi connectivity index (χ0v) is 15.1. The molecule has 0 bridgehead atoms. The van der Waals surface area contributed by atoms with Gasteiger partial charge in [-0.05, 0) is 24.8 Å². The molecule has 0 unspecified atom stereocenters. The third-order valence-electron chi connectivity index (χ3n) is 5.44. The molecule has 0 aromatic carbocycles. The van der Waals surface area contributed by atoms with Crippen molar-refractivity contribution in [2.24, 2.45) is 11.8 Å². The van der Waals surface area contributed by atoms with E-state index in [1.807, 2.05) is 0 Å². The summed E-state index contributed by atoms with van der Waals surface area (Å²) in [4.78, 5) is 0. The van der Waals surface area contributed by atoms with Crippen molar-refractivity contribution in [3.63, 3.8) is 0 Å². The Labute approximate surface area is 139 Å². The van der Waals surface area contributed by atoms with Crippen LogP contribution in [0.5, 0.6) is 0 Å². The molecule has 0 amide bonds. The van der Waals surface area contributed by atoms with E-state index >= 15 is 0 Å². The minimum absolute atomic E-state index is 0.265. The van der Waals surface area contributed by atoms with E-state index < -0.39 is 0 Å². The molecule has 0 atom stereocenters. The van der Waals surface area contributed by atoms with Gasteiger partial charge in [0.05, 0.1) is 6.61 Å². The largest absolute Gasteiger partial charge is 0.395 e. The first kappa shape index (κ1) is 20.0. The molecule has 1 aliphatic carbocycles. The number of nitrogens with one attached hydrogen (secondary N) is 1. The second-order valence-corrected chi connectivity index (χ2v) is 7.41. The topological polar surface area (TPSA) is 32.3 Å². The van der Waals surface area contributed by atoms with E-state index in [0.717, 1.165) is 24.9 Å². The molecule has 0 spiro atoms. The fourth-order valence-electron chi connectivity index (χ4n) is 3.91. The van der Waals surface area contributed by atoms with Crippen LogP contribution in [0.2, 0.25) is 0 Å². The van der Waals surface area contributed by atoms with Crippen LogP contribution in [0.25, 0.3) is 0 Å². The standard InChI is InChI=1S/C20H41NO/c1-2-3-7-10-19-12-14-20(15-13-19)11-8-5-4-6-9-16-21-17-18-22/h19-22H,2-18H2,1H3. The Morgan fingerprint density at radius 1 is 0.727 bits per heavy atom. The molecule has 1 aliphatic rings. The van der Waals surface area contributed by atoms with E-state index in [4.69, 9.17) is 5.11 Å². The number of rotatable bonds is 14. The van der Waals surface area contributed by atoms with Crippen molar-refractivity contribution in [2.45, 2.75) is 96.8 Å². The Balaban J connectivity index is 1.84. The SMILES string of the molecule is CCCCCC1CCC(CCCCCCCNCCO)CC1. The van der Waals surface area contributed by atoms with E-state index in [1.54, 1.807) is 0 Å². The highest BCUT2D eigenvalue weighted by Crippen LogP contribution is 2.34. The molecule has 0 radical (unpaired) electrons. The quantitative estimate of drug-likeness (QED) is 0.427. The highest BCUT2D eigenvalue weighted by atomic mass is 16.3. The number of unbranched alkanes of at least 4 members (excludes halogenated alkanes) is 6. The summed E-state index contributed by atoms with van der Waals surface area (Å²) in [6, 6.07) is 0. The van der Waals surface area contributed by atoms with Crippen LogP contribution in [0, 0.1) is 11.8 Å². The summed E-state index contributed by atoms with van der Waals surface area (Å²) in [6.07, 6.45) is 20.2. The Morgan fingerprint density at radius 2 is 1.27 bits per heavy atom. The molecular weight excluding hydrogens is 270 g/mol. The van der Waals surface area contributed by atoms with Crippen LogP contribution in [0.15, 0.2) is 0 Å². The Bertz CT molecular complexity index is 224. The molecule has 2 heteroatoms. The van der Waals surface area contributed by atoms with Crippen molar-refractivity contribution in [3.8, 4) is 0 Å². The summed E-state index contributed by atoms with van der Waals surface area (Å²) in [6.45, 7) is 4.40. The van der Waals surface area contributed by atoms with Crippen molar-refractivity contribution >= 4 is 0 Å². The van der Waals surface area contributed by atoms with Crippen molar-refractivity contribution in [2.75, 3.05) is 19.7 Å². The van der Waals surface area contributed by atoms with Crippen LogP contribution in [-0.4, -0.2) is 24.8 Å². The number of aliphatic hydroxyl groups is 1. The first-order valence-corrected chi connectivity index (χ1v) is 10.2. The molecule has 2 N–H and O–H groups in total. The lowest BCUT2D eigenvalue weighted by Crippen LogP contribution is -2.19. The molecule has 1 saturated carbocycles. The summed E-state index contributed by atoms with van der Waals surface area (Å²) in [5.74, 6) is 2.11. The van der Waals surface area contributed by atoms with Gasteiger partial charge in [-0.3, -0.25) is 0 Å². The first-order chi connectivity index (χ1) is 10.9. The molecule has 0 aromatic heterocycles. The lowest BCUT2D eigenvalue weighted by atomic mass is 9.78. The summed E-state index contributed by atoms with van der Waals surface area (Å²) in [5.41, 5.74) is 0. The maximum absolute atomic E-state index is 8.67. The minimum Gasteiger partial charge on any atom is -0.395 e. The van der Waals surface area contributed by atoms with E-state index in [2.05, 4.69) is 12.2 Å². The highest BCUT2D eigenvalue weighted by Gasteiger charge is 2.20. The Kier molecular flexibility index (Phi) is 13.2. The number of aliphatic hydroxyl groups excluding tert-OH is 1. The predicted molar refractivity (Wildman–Crippen MR) is 97.2 cm³/mol. The molecule has 0 aromatic rings. The van der Waals surface area contributed by atoms with Crippen molar-refractivity contribution < 1.29 is 5.11 Å². The van der Waals surface area contributed by atoms with Crippen molar-refractivity contribution in [3.05, 3.63) is 0 Å². The Morgan fingerprint density at radius 3 is 1.86 bits per heavy atom.